The van der Waals surface area contributed by atoms with E-state index in [-0.39, 0.29) is 5.41 Å². The van der Waals surface area contributed by atoms with Crippen molar-refractivity contribution >= 4 is 5.97 Å². The Hall–Kier alpha value is -1.09. The average molecular weight is 210 g/mol. The summed E-state index contributed by atoms with van der Waals surface area (Å²) in [6, 6.07) is 0. The van der Waals surface area contributed by atoms with Crippen molar-refractivity contribution in [3.8, 4) is 0 Å². The van der Waals surface area contributed by atoms with E-state index in [1.807, 2.05) is 20.8 Å². The molecule has 0 bridgehead atoms. The molecule has 2 N–H and O–H groups in total. The van der Waals surface area contributed by atoms with Crippen LogP contribution in [0.5, 0.6) is 0 Å². The van der Waals surface area contributed by atoms with Crippen LogP contribution in [-0.4, -0.2) is 21.8 Å². The lowest BCUT2D eigenvalue weighted by molar-refractivity contribution is -0.145. The molecule has 2 atom stereocenters. The molecule has 0 aliphatic heterocycles. The summed E-state index contributed by atoms with van der Waals surface area (Å²) in [7, 11) is 0. The Morgan fingerprint density at radius 2 is 2.00 bits per heavy atom. The molecule has 2 unspecified atom stereocenters. The van der Waals surface area contributed by atoms with Crippen LogP contribution in [0.1, 0.15) is 27.7 Å². The van der Waals surface area contributed by atoms with Gasteiger partial charge in [0.2, 0.25) is 0 Å². The predicted molar refractivity (Wildman–Crippen MR) is 58.4 cm³/mol. The van der Waals surface area contributed by atoms with Crippen LogP contribution in [0.4, 0.5) is 0 Å². The van der Waals surface area contributed by atoms with Gasteiger partial charge in [0, 0.05) is 0 Å². The highest BCUT2D eigenvalue weighted by Gasteiger charge is 2.37. The SMILES string of the molecule is CC(C)(C)C1=CC(C(=O)O)C(C)(O)C=C1. The second-order valence-corrected chi connectivity index (χ2v) is 5.25. The van der Waals surface area contributed by atoms with E-state index >= 15 is 0 Å². The summed E-state index contributed by atoms with van der Waals surface area (Å²) < 4.78 is 0. The summed E-state index contributed by atoms with van der Waals surface area (Å²) in [5.41, 5.74) is -0.442. The van der Waals surface area contributed by atoms with E-state index in [2.05, 4.69) is 0 Å². The number of aliphatic carboxylic acids is 1. The van der Waals surface area contributed by atoms with E-state index in [1.54, 1.807) is 18.2 Å². The van der Waals surface area contributed by atoms with E-state index in [1.165, 1.54) is 6.92 Å². The molecule has 84 valence electrons. The average Bonchev–Trinajstić information content (AvgIpc) is 2.00. The van der Waals surface area contributed by atoms with Crippen LogP contribution in [0.2, 0.25) is 0 Å². The summed E-state index contributed by atoms with van der Waals surface area (Å²) in [6.07, 6.45) is 5.01. The standard InChI is InChI=1S/C12H18O3/c1-11(2,3)8-5-6-12(4,15)9(7-8)10(13)14/h5-7,9,15H,1-4H3,(H,13,14). The van der Waals surface area contributed by atoms with Crippen LogP contribution < -0.4 is 0 Å². The molecule has 0 fully saturated rings. The molecule has 0 radical (unpaired) electrons. The summed E-state index contributed by atoms with van der Waals surface area (Å²) >= 11 is 0. The third-order valence-electron chi connectivity index (χ3n) is 2.71. The van der Waals surface area contributed by atoms with Gasteiger partial charge in [0.05, 0.1) is 5.60 Å². The topological polar surface area (TPSA) is 57.5 Å². The molecule has 0 aromatic rings. The van der Waals surface area contributed by atoms with Crippen LogP contribution in [-0.2, 0) is 4.79 Å². The number of carbonyl (C=O) groups is 1. The fourth-order valence-corrected chi connectivity index (χ4v) is 1.59. The van der Waals surface area contributed by atoms with Crippen molar-refractivity contribution in [3.05, 3.63) is 23.8 Å². The first-order valence-corrected chi connectivity index (χ1v) is 5.01. The Labute approximate surface area is 90.1 Å². The highest BCUT2D eigenvalue weighted by molar-refractivity contribution is 5.75. The molecule has 3 heteroatoms. The van der Waals surface area contributed by atoms with Gasteiger partial charge in [-0.1, -0.05) is 39.0 Å². The van der Waals surface area contributed by atoms with Gasteiger partial charge in [-0.05, 0) is 17.9 Å². The summed E-state index contributed by atoms with van der Waals surface area (Å²) in [5, 5.41) is 18.9. The lowest BCUT2D eigenvalue weighted by Gasteiger charge is -2.32. The minimum atomic E-state index is -1.29. The summed E-state index contributed by atoms with van der Waals surface area (Å²) in [6.45, 7) is 7.56. The minimum Gasteiger partial charge on any atom is -0.481 e. The van der Waals surface area contributed by atoms with Gasteiger partial charge in [0.1, 0.15) is 5.92 Å². The van der Waals surface area contributed by atoms with Crippen LogP contribution in [0.3, 0.4) is 0 Å². The molecule has 0 saturated carbocycles. The smallest absolute Gasteiger partial charge is 0.313 e. The molecule has 0 saturated heterocycles. The van der Waals surface area contributed by atoms with E-state index in [0.717, 1.165) is 5.57 Å². The number of allylic oxidation sites excluding steroid dienone is 2. The number of carboxylic acids is 1. The van der Waals surface area contributed by atoms with Gasteiger partial charge in [-0.25, -0.2) is 0 Å². The zero-order valence-corrected chi connectivity index (χ0v) is 9.61. The van der Waals surface area contributed by atoms with Gasteiger partial charge in [0.25, 0.3) is 0 Å². The first kappa shape index (κ1) is 12.0. The van der Waals surface area contributed by atoms with Gasteiger partial charge < -0.3 is 10.2 Å². The lowest BCUT2D eigenvalue weighted by Crippen LogP contribution is -2.39. The zero-order valence-electron chi connectivity index (χ0n) is 9.61. The maximum atomic E-state index is 11.0. The molecule has 15 heavy (non-hydrogen) atoms. The number of hydrogen-bond donors (Lipinski definition) is 2. The quantitative estimate of drug-likeness (QED) is 0.695. The Kier molecular flexibility index (Phi) is 2.79. The molecule has 0 heterocycles. The van der Waals surface area contributed by atoms with E-state index in [0.29, 0.717) is 0 Å². The van der Waals surface area contributed by atoms with Crippen molar-refractivity contribution in [1.82, 2.24) is 0 Å². The Morgan fingerprint density at radius 1 is 1.47 bits per heavy atom. The van der Waals surface area contributed by atoms with Gasteiger partial charge in [-0.3, -0.25) is 4.79 Å². The van der Waals surface area contributed by atoms with Crippen molar-refractivity contribution in [1.29, 1.82) is 0 Å². The van der Waals surface area contributed by atoms with Crippen LogP contribution in [0, 0.1) is 11.3 Å². The summed E-state index contributed by atoms with van der Waals surface area (Å²) in [4.78, 5) is 11.0. The van der Waals surface area contributed by atoms with Gasteiger partial charge in [0.15, 0.2) is 0 Å². The number of hydrogen-bond acceptors (Lipinski definition) is 2. The second-order valence-electron chi connectivity index (χ2n) is 5.25. The monoisotopic (exact) mass is 210 g/mol. The van der Waals surface area contributed by atoms with E-state index in [4.69, 9.17) is 5.11 Å². The highest BCUT2D eigenvalue weighted by Crippen LogP contribution is 2.35. The first-order valence-electron chi connectivity index (χ1n) is 5.01. The maximum absolute atomic E-state index is 11.0. The van der Waals surface area contributed by atoms with Gasteiger partial charge in [-0.15, -0.1) is 0 Å². The van der Waals surface area contributed by atoms with Crippen LogP contribution in [0.15, 0.2) is 23.8 Å². The number of rotatable bonds is 1. The molecule has 1 rings (SSSR count). The number of aliphatic hydroxyl groups is 1. The Balaban J connectivity index is 3.10. The highest BCUT2D eigenvalue weighted by atomic mass is 16.4. The van der Waals surface area contributed by atoms with E-state index in [9.17, 15) is 9.90 Å². The minimum absolute atomic E-state index is 0.0965. The third kappa shape index (κ3) is 2.48. The van der Waals surface area contributed by atoms with Crippen LogP contribution >= 0.6 is 0 Å². The second kappa shape index (κ2) is 3.49. The molecular weight excluding hydrogens is 192 g/mol. The lowest BCUT2D eigenvalue weighted by atomic mass is 9.76. The molecule has 0 aromatic heterocycles. The van der Waals surface area contributed by atoms with Crippen molar-refractivity contribution in [3.63, 3.8) is 0 Å². The Morgan fingerprint density at radius 3 is 2.40 bits per heavy atom. The normalized spacial score (nSPS) is 31.3. The van der Waals surface area contributed by atoms with Crippen molar-refractivity contribution in [2.45, 2.75) is 33.3 Å². The van der Waals surface area contributed by atoms with Crippen molar-refractivity contribution in [2.75, 3.05) is 0 Å². The molecule has 0 aromatic carbocycles. The van der Waals surface area contributed by atoms with Crippen LogP contribution in [0.25, 0.3) is 0 Å². The third-order valence-corrected chi connectivity index (χ3v) is 2.71. The van der Waals surface area contributed by atoms with Gasteiger partial charge >= 0.3 is 5.97 Å². The predicted octanol–water partition coefficient (Wildman–Crippen LogP) is 1.98. The molecular formula is C12H18O3. The maximum Gasteiger partial charge on any atom is 0.313 e. The fourth-order valence-electron chi connectivity index (χ4n) is 1.59. The Bertz CT molecular complexity index is 329. The van der Waals surface area contributed by atoms with Crippen molar-refractivity contribution < 1.29 is 15.0 Å². The molecule has 0 amide bonds. The first-order chi connectivity index (χ1) is 6.64. The zero-order chi connectivity index (χ0) is 11.9. The molecule has 0 spiro atoms. The number of carboxylic acid groups (broad SMARTS) is 1. The fraction of sp³-hybridized carbons (Fsp3) is 0.583. The molecule has 1 aliphatic rings. The van der Waals surface area contributed by atoms with Gasteiger partial charge in [-0.2, -0.15) is 0 Å². The van der Waals surface area contributed by atoms with Crippen molar-refractivity contribution in [2.24, 2.45) is 11.3 Å². The molecule has 1 aliphatic carbocycles. The summed E-state index contributed by atoms with van der Waals surface area (Å²) in [5.74, 6) is -1.86. The molecule has 3 nitrogen and oxygen atoms in total. The largest absolute Gasteiger partial charge is 0.481 e. The van der Waals surface area contributed by atoms with E-state index < -0.39 is 17.5 Å².